The van der Waals surface area contributed by atoms with Gasteiger partial charge in [0.05, 0.1) is 5.56 Å². The normalized spacial score (nSPS) is 16.3. The molecule has 1 aromatic rings. The fourth-order valence-corrected chi connectivity index (χ4v) is 2.73. The van der Waals surface area contributed by atoms with Crippen molar-refractivity contribution in [1.82, 2.24) is 4.90 Å². The lowest BCUT2D eigenvalue weighted by atomic mass is 9.99. The van der Waals surface area contributed by atoms with Gasteiger partial charge >= 0.3 is 0 Å². The summed E-state index contributed by atoms with van der Waals surface area (Å²) >= 11 is 3.40. The van der Waals surface area contributed by atoms with Crippen LogP contribution in [0.1, 0.15) is 23.2 Å². The van der Waals surface area contributed by atoms with E-state index < -0.39 is 0 Å². The first-order valence-electron chi connectivity index (χ1n) is 6.46. The second-order valence-electron chi connectivity index (χ2n) is 4.98. The lowest BCUT2D eigenvalue weighted by Crippen LogP contribution is -2.34. The van der Waals surface area contributed by atoms with Crippen LogP contribution >= 0.6 is 15.9 Å². The maximum Gasteiger partial charge on any atom is 0.254 e. The summed E-state index contributed by atoms with van der Waals surface area (Å²) in [5.74, 6) is 0.535. The van der Waals surface area contributed by atoms with E-state index in [9.17, 15) is 4.79 Å². The molecule has 4 nitrogen and oxygen atoms in total. The number of rotatable bonds is 3. The van der Waals surface area contributed by atoms with E-state index in [1.807, 2.05) is 13.1 Å². The van der Waals surface area contributed by atoms with E-state index in [2.05, 4.69) is 15.9 Å². The number of halogens is 1. The maximum atomic E-state index is 12.4. The summed E-state index contributed by atoms with van der Waals surface area (Å²) in [6.45, 7) is 2.37. The van der Waals surface area contributed by atoms with Crippen LogP contribution < -0.4 is 5.73 Å². The molecule has 0 unspecified atom stereocenters. The summed E-state index contributed by atoms with van der Waals surface area (Å²) in [6.07, 6.45) is 2.05. The van der Waals surface area contributed by atoms with Gasteiger partial charge in [0.25, 0.3) is 5.91 Å². The minimum absolute atomic E-state index is 0.00525. The monoisotopic (exact) mass is 326 g/mol. The summed E-state index contributed by atoms with van der Waals surface area (Å²) in [5.41, 5.74) is 6.96. The van der Waals surface area contributed by atoms with E-state index in [-0.39, 0.29) is 5.91 Å². The number of benzene rings is 1. The first kappa shape index (κ1) is 14.3. The van der Waals surface area contributed by atoms with Crippen LogP contribution in [0.15, 0.2) is 22.7 Å². The Labute approximate surface area is 122 Å². The Hall–Kier alpha value is -1.07. The van der Waals surface area contributed by atoms with Gasteiger partial charge in [0.15, 0.2) is 0 Å². The molecule has 1 aliphatic heterocycles. The highest BCUT2D eigenvalue weighted by Crippen LogP contribution is 2.22. The fraction of sp³-hybridized carbons (Fsp3) is 0.500. The molecule has 1 aromatic carbocycles. The van der Waals surface area contributed by atoms with E-state index in [0.29, 0.717) is 17.2 Å². The zero-order valence-corrected chi connectivity index (χ0v) is 12.6. The molecule has 1 fully saturated rings. The average molecular weight is 327 g/mol. The van der Waals surface area contributed by atoms with E-state index >= 15 is 0 Å². The summed E-state index contributed by atoms with van der Waals surface area (Å²) < 4.78 is 6.12. The topological polar surface area (TPSA) is 55.6 Å². The summed E-state index contributed by atoms with van der Waals surface area (Å²) in [4.78, 5) is 14.2. The van der Waals surface area contributed by atoms with Gasteiger partial charge in [0.1, 0.15) is 0 Å². The van der Waals surface area contributed by atoms with Crippen molar-refractivity contribution in [1.29, 1.82) is 0 Å². The van der Waals surface area contributed by atoms with E-state index in [4.69, 9.17) is 10.5 Å². The van der Waals surface area contributed by atoms with Crippen LogP contribution in [0, 0.1) is 5.92 Å². The number of anilines is 1. The van der Waals surface area contributed by atoms with Crippen LogP contribution in [0.3, 0.4) is 0 Å². The molecule has 0 saturated carbocycles. The minimum atomic E-state index is 0.00525. The van der Waals surface area contributed by atoms with Crippen molar-refractivity contribution in [2.75, 3.05) is 32.5 Å². The summed E-state index contributed by atoms with van der Waals surface area (Å²) in [6, 6.07) is 5.30. The molecule has 19 heavy (non-hydrogen) atoms. The molecule has 0 spiro atoms. The summed E-state index contributed by atoms with van der Waals surface area (Å²) in [7, 11) is 1.84. The molecule has 1 heterocycles. The van der Waals surface area contributed by atoms with Gasteiger partial charge in [-0.05, 0) is 52.9 Å². The number of nitrogens with two attached hydrogens (primary N) is 1. The highest BCUT2D eigenvalue weighted by molar-refractivity contribution is 9.10. The molecule has 1 aliphatic rings. The van der Waals surface area contributed by atoms with Crippen LogP contribution in [0.4, 0.5) is 5.69 Å². The van der Waals surface area contributed by atoms with Crippen molar-refractivity contribution in [3.05, 3.63) is 28.2 Å². The molecular weight excluding hydrogens is 308 g/mol. The molecule has 104 valence electrons. The second kappa shape index (κ2) is 6.39. The maximum absolute atomic E-state index is 12.4. The van der Waals surface area contributed by atoms with Crippen molar-refractivity contribution in [2.24, 2.45) is 5.92 Å². The zero-order valence-electron chi connectivity index (χ0n) is 11.1. The Bertz CT molecular complexity index is 459. The van der Waals surface area contributed by atoms with Gasteiger partial charge in [-0.25, -0.2) is 0 Å². The van der Waals surface area contributed by atoms with E-state index in [1.165, 1.54) is 0 Å². The van der Waals surface area contributed by atoms with Crippen molar-refractivity contribution in [3.8, 4) is 0 Å². The lowest BCUT2D eigenvalue weighted by Gasteiger charge is -2.27. The van der Waals surface area contributed by atoms with E-state index in [0.717, 1.165) is 37.1 Å². The standard InChI is InChI=1S/C14H19BrN2O2/c1-17(9-10-4-6-19-7-5-10)14(18)12-8-11(16)2-3-13(12)15/h2-3,8,10H,4-7,9,16H2,1H3. The number of hydrogen-bond acceptors (Lipinski definition) is 3. The van der Waals surface area contributed by atoms with Gasteiger partial charge < -0.3 is 15.4 Å². The average Bonchev–Trinajstić information content (AvgIpc) is 2.42. The molecule has 1 saturated heterocycles. The second-order valence-corrected chi connectivity index (χ2v) is 5.84. The van der Waals surface area contributed by atoms with Gasteiger partial charge in [-0.1, -0.05) is 0 Å². The van der Waals surface area contributed by atoms with Gasteiger partial charge in [0, 0.05) is 37.0 Å². The van der Waals surface area contributed by atoms with Crippen LogP contribution in [0.2, 0.25) is 0 Å². The third kappa shape index (κ3) is 3.70. The molecule has 0 aliphatic carbocycles. The van der Waals surface area contributed by atoms with Crippen LogP contribution in [0.5, 0.6) is 0 Å². The van der Waals surface area contributed by atoms with Crippen LogP contribution in [-0.4, -0.2) is 37.6 Å². The number of carbonyl (C=O) groups excluding carboxylic acids is 1. The zero-order chi connectivity index (χ0) is 13.8. The predicted octanol–water partition coefficient (Wildman–Crippen LogP) is 2.53. The summed E-state index contributed by atoms with van der Waals surface area (Å²) in [5, 5.41) is 0. The van der Waals surface area contributed by atoms with Gasteiger partial charge in [0.2, 0.25) is 0 Å². The number of nitrogens with zero attached hydrogens (tertiary/aromatic N) is 1. The smallest absolute Gasteiger partial charge is 0.254 e. The third-order valence-corrected chi connectivity index (χ3v) is 4.13. The van der Waals surface area contributed by atoms with E-state index in [1.54, 1.807) is 17.0 Å². The first-order chi connectivity index (χ1) is 9.08. The quantitative estimate of drug-likeness (QED) is 0.868. The minimum Gasteiger partial charge on any atom is -0.399 e. The SMILES string of the molecule is CN(CC1CCOCC1)C(=O)c1cc(N)ccc1Br. The third-order valence-electron chi connectivity index (χ3n) is 3.44. The molecule has 1 amide bonds. The molecular formula is C14H19BrN2O2. The highest BCUT2D eigenvalue weighted by atomic mass is 79.9. The number of carbonyl (C=O) groups is 1. The van der Waals surface area contributed by atoms with Gasteiger partial charge in [-0.3, -0.25) is 4.79 Å². The van der Waals surface area contributed by atoms with Gasteiger partial charge in [-0.2, -0.15) is 0 Å². The Morgan fingerprint density at radius 1 is 1.47 bits per heavy atom. The van der Waals surface area contributed by atoms with Crippen molar-refractivity contribution in [3.63, 3.8) is 0 Å². The lowest BCUT2D eigenvalue weighted by molar-refractivity contribution is 0.0497. The number of hydrogen-bond donors (Lipinski definition) is 1. The Morgan fingerprint density at radius 3 is 2.84 bits per heavy atom. The fourth-order valence-electron chi connectivity index (χ4n) is 2.31. The highest BCUT2D eigenvalue weighted by Gasteiger charge is 2.20. The van der Waals surface area contributed by atoms with Crippen molar-refractivity contribution in [2.45, 2.75) is 12.8 Å². The Balaban J connectivity index is 2.03. The van der Waals surface area contributed by atoms with Gasteiger partial charge in [-0.15, -0.1) is 0 Å². The van der Waals surface area contributed by atoms with Crippen molar-refractivity contribution >= 4 is 27.5 Å². The molecule has 0 aromatic heterocycles. The van der Waals surface area contributed by atoms with Crippen molar-refractivity contribution < 1.29 is 9.53 Å². The predicted molar refractivity (Wildman–Crippen MR) is 79.1 cm³/mol. The molecule has 0 bridgehead atoms. The molecule has 5 heteroatoms. The largest absolute Gasteiger partial charge is 0.399 e. The molecule has 2 N–H and O–H groups in total. The molecule has 0 atom stereocenters. The number of nitrogen functional groups attached to an aromatic ring is 1. The Morgan fingerprint density at radius 2 is 2.16 bits per heavy atom. The number of ether oxygens (including phenoxy) is 1. The first-order valence-corrected chi connectivity index (χ1v) is 7.25. The van der Waals surface area contributed by atoms with Crippen LogP contribution in [0.25, 0.3) is 0 Å². The molecule has 0 radical (unpaired) electrons. The molecule has 2 rings (SSSR count). The number of amides is 1. The van der Waals surface area contributed by atoms with Crippen LogP contribution in [-0.2, 0) is 4.74 Å². The Kier molecular flexibility index (Phi) is 4.82.